The number of hydrogen-bond donors (Lipinski definition) is 1. The van der Waals surface area contributed by atoms with E-state index in [1.807, 2.05) is 23.9 Å². The second-order valence-corrected chi connectivity index (χ2v) is 5.47. The Labute approximate surface area is 119 Å². The maximum absolute atomic E-state index is 6.24. The van der Waals surface area contributed by atoms with E-state index in [4.69, 9.17) is 16.0 Å². The van der Waals surface area contributed by atoms with Crippen LogP contribution in [0.25, 0.3) is 0 Å². The molecule has 2 aromatic heterocycles. The summed E-state index contributed by atoms with van der Waals surface area (Å²) in [4.78, 5) is 0. The predicted octanol–water partition coefficient (Wildman–Crippen LogP) is 3.78. The van der Waals surface area contributed by atoms with Crippen molar-refractivity contribution in [2.45, 2.75) is 25.9 Å². The van der Waals surface area contributed by atoms with Crippen LogP contribution in [0.5, 0.6) is 0 Å². The molecule has 1 atom stereocenters. The van der Waals surface area contributed by atoms with Gasteiger partial charge in [0.2, 0.25) is 0 Å². The molecular formula is C12H15BrClN3O. The lowest BCUT2D eigenvalue weighted by atomic mass is 10.1. The number of rotatable bonds is 4. The minimum atomic E-state index is -0.117. The summed E-state index contributed by atoms with van der Waals surface area (Å²) in [7, 11) is 1.87. The maximum atomic E-state index is 6.24. The van der Waals surface area contributed by atoms with E-state index in [-0.39, 0.29) is 12.1 Å². The molecule has 6 heteroatoms. The van der Waals surface area contributed by atoms with E-state index in [0.29, 0.717) is 9.69 Å². The van der Waals surface area contributed by atoms with Crippen molar-refractivity contribution < 1.29 is 4.42 Å². The molecule has 0 amide bonds. The van der Waals surface area contributed by atoms with E-state index in [1.165, 1.54) is 0 Å². The topological polar surface area (TPSA) is 43.0 Å². The van der Waals surface area contributed by atoms with Gasteiger partial charge in [0.15, 0.2) is 4.67 Å². The molecule has 0 saturated heterocycles. The van der Waals surface area contributed by atoms with Crippen LogP contribution >= 0.6 is 27.5 Å². The van der Waals surface area contributed by atoms with Crippen LogP contribution in [-0.2, 0) is 0 Å². The molecule has 0 fully saturated rings. The molecule has 1 N–H and O–H groups in total. The Kier molecular flexibility index (Phi) is 4.14. The van der Waals surface area contributed by atoms with Gasteiger partial charge in [-0.1, -0.05) is 11.6 Å². The summed E-state index contributed by atoms with van der Waals surface area (Å²) in [5.74, 6) is 0.800. The summed E-state index contributed by atoms with van der Waals surface area (Å²) >= 11 is 9.55. The van der Waals surface area contributed by atoms with E-state index in [9.17, 15) is 0 Å². The first-order chi connectivity index (χ1) is 8.54. The molecule has 0 saturated carbocycles. The van der Waals surface area contributed by atoms with Gasteiger partial charge in [0, 0.05) is 6.04 Å². The molecule has 4 nitrogen and oxygen atoms in total. The second-order valence-electron chi connectivity index (χ2n) is 4.28. The van der Waals surface area contributed by atoms with Gasteiger partial charge < -0.3 is 9.73 Å². The predicted molar refractivity (Wildman–Crippen MR) is 74.9 cm³/mol. The van der Waals surface area contributed by atoms with Crippen molar-refractivity contribution in [2.75, 3.05) is 7.05 Å². The zero-order valence-corrected chi connectivity index (χ0v) is 12.8. The van der Waals surface area contributed by atoms with Crippen LogP contribution in [-0.4, -0.2) is 16.8 Å². The molecule has 2 aromatic rings. The number of furan rings is 1. The summed E-state index contributed by atoms with van der Waals surface area (Å²) in [5, 5.41) is 8.15. The van der Waals surface area contributed by atoms with E-state index in [2.05, 4.69) is 40.2 Å². The lowest BCUT2D eigenvalue weighted by Gasteiger charge is -2.18. The quantitative estimate of drug-likeness (QED) is 0.926. The van der Waals surface area contributed by atoms with E-state index in [0.717, 1.165) is 11.5 Å². The van der Waals surface area contributed by atoms with Crippen LogP contribution in [0.4, 0.5) is 0 Å². The fourth-order valence-corrected chi connectivity index (χ4v) is 2.49. The lowest BCUT2D eigenvalue weighted by Crippen LogP contribution is -2.22. The summed E-state index contributed by atoms with van der Waals surface area (Å²) < 4.78 is 8.21. The number of halogens is 2. The Hall–Kier alpha value is -0.780. The lowest BCUT2D eigenvalue weighted by molar-refractivity contribution is 0.417. The average Bonchev–Trinajstić information content (AvgIpc) is 2.88. The molecule has 18 heavy (non-hydrogen) atoms. The van der Waals surface area contributed by atoms with Crippen molar-refractivity contribution in [3.05, 3.63) is 39.5 Å². The third-order valence-electron chi connectivity index (χ3n) is 2.72. The van der Waals surface area contributed by atoms with Gasteiger partial charge in [-0.05, 0) is 49.0 Å². The summed E-state index contributed by atoms with van der Waals surface area (Å²) in [6, 6.07) is 3.90. The maximum Gasteiger partial charge on any atom is 0.169 e. The Morgan fingerprint density at radius 3 is 2.67 bits per heavy atom. The van der Waals surface area contributed by atoms with Crippen LogP contribution in [0.3, 0.4) is 0 Å². The van der Waals surface area contributed by atoms with Crippen molar-refractivity contribution in [2.24, 2.45) is 0 Å². The van der Waals surface area contributed by atoms with Gasteiger partial charge >= 0.3 is 0 Å². The second kappa shape index (κ2) is 5.47. The smallest absolute Gasteiger partial charge is 0.169 e. The fourth-order valence-electron chi connectivity index (χ4n) is 1.93. The minimum absolute atomic E-state index is 0.117. The highest BCUT2D eigenvalue weighted by Crippen LogP contribution is 2.31. The third kappa shape index (κ3) is 2.48. The minimum Gasteiger partial charge on any atom is -0.452 e. The molecule has 0 radical (unpaired) electrons. The zero-order chi connectivity index (χ0) is 13.3. The van der Waals surface area contributed by atoms with Gasteiger partial charge in [0.1, 0.15) is 11.8 Å². The highest BCUT2D eigenvalue weighted by molar-refractivity contribution is 9.10. The Balaban J connectivity index is 2.47. The van der Waals surface area contributed by atoms with Crippen LogP contribution < -0.4 is 5.32 Å². The molecule has 98 valence electrons. The molecule has 0 aliphatic heterocycles. The van der Waals surface area contributed by atoms with Gasteiger partial charge in [0.25, 0.3) is 0 Å². The third-order valence-corrected chi connectivity index (χ3v) is 3.43. The van der Waals surface area contributed by atoms with Crippen molar-refractivity contribution >= 4 is 27.5 Å². The first-order valence-electron chi connectivity index (χ1n) is 5.70. The van der Waals surface area contributed by atoms with Crippen molar-refractivity contribution in [3.8, 4) is 0 Å². The number of nitrogens with one attached hydrogen (secondary N) is 1. The largest absolute Gasteiger partial charge is 0.452 e. The van der Waals surface area contributed by atoms with Gasteiger partial charge in [-0.2, -0.15) is 5.10 Å². The van der Waals surface area contributed by atoms with Crippen molar-refractivity contribution in [1.82, 2.24) is 15.1 Å². The number of hydrogen-bond acceptors (Lipinski definition) is 3. The molecule has 0 aliphatic rings. The van der Waals surface area contributed by atoms with Crippen LogP contribution in [0.1, 0.15) is 37.4 Å². The van der Waals surface area contributed by atoms with Gasteiger partial charge in [-0.3, -0.25) is 4.68 Å². The number of nitrogens with zero attached hydrogens (tertiary/aromatic N) is 2. The van der Waals surface area contributed by atoms with Crippen LogP contribution in [0, 0.1) is 0 Å². The Bertz CT molecular complexity index is 535. The number of aromatic nitrogens is 2. The highest BCUT2D eigenvalue weighted by Gasteiger charge is 2.24. The summed E-state index contributed by atoms with van der Waals surface area (Å²) in [6.07, 6.45) is 1.67. The van der Waals surface area contributed by atoms with Crippen molar-refractivity contribution in [1.29, 1.82) is 0 Å². The Morgan fingerprint density at radius 1 is 1.44 bits per heavy atom. The standard InChI is InChI=1S/C12H15BrClN3O/c1-7(2)17-12(8(14)6-16-17)11(15-3)9-4-5-10(13)18-9/h4-7,11,15H,1-3H3. The average molecular weight is 333 g/mol. The molecule has 0 bridgehead atoms. The normalized spacial score (nSPS) is 13.2. The molecule has 0 aliphatic carbocycles. The molecular weight excluding hydrogens is 318 g/mol. The highest BCUT2D eigenvalue weighted by atomic mass is 79.9. The van der Waals surface area contributed by atoms with Crippen molar-refractivity contribution in [3.63, 3.8) is 0 Å². The van der Waals surface area contributed by atoms with Crippen LogP contribution in [0.2, 0.25) is 5.02 Å². The molecule has 0 spiro atoms. The zero-order valence-electron chi connectivity index (χ0n) is 10.4. The SMILES string of the molecule is CNC(c1ccc(Br)o1)c1c(Cl)cnn1C(C)C. The molecule has 0 aromatic carbocycles. The summed E-state index contributed by atoms with van der Waals surface area (Å²) in [6.45, 7) is 4.13. The molecule has 1 unspecified atom stereocenters. The van der Waals surface area contributed by atoms with Gasteiger partial charge in [-0.15, -0.1) is 0 Å². The molecule has 2 rings (SSSR count). The Morgan fingerprint density at radius 2 is 2.17 bits per heavy atom. The molecule has 2 heterocycles. The van der Waals surface area contributed by atoms with E-state index < -0.39 is 0 Å². The summed E-state index contributed by atoms with van der Waals surface area (Å²) in [5.41, 5.74) is 0.913. The first kappa shape index (κ1) is 13.6. The fraction of sp³-hybridized carbons (Fsp3) is 0.417. The van der Waals surface area contributed by atoms with E-state index >= 15 is 0 Å². The first-order valence-corrected chi connectivity index (χ1v) is 6.87. The van der Waals surface area contributed by atoms with Gasteiger partial charge in [0.05, 0.1) is 16.9 Å². The van der Waals surface area contributed by atoms with E-state index in [1.54, 1.807) is 6.20 Å². The monoisotopic (exact) mass is 331 g/mol. The van der Waals surface area contributed by atoms with Crippen LogP contribution in [0.15, 0.2) is 27.4 Å². The van der Waals surface area contributed by atoms with Gasteiger partial charge in [-0.25, -0.2) is 0 Å².